The zero-order valence-corrected chi connectivity index (χ0v) is 24.7. The highest BCUT2D eigenvalue weighted by Crippen LogP contribution is 2.26. The summed E-state index contributed by atoms with van der Waals surface area (Å²) in [5.74, 6) is -0.527. The highest BCUT2D eigenvalue weighted by atomic mass is 35.5. The van der Waals surface area contributed by atoms with E-state index in [1.165, 1.54) is 0 Å². The topological polar surface area (TPSA) is 99.8 Å². The Balaban J connectivity index is 0.00000533. The molecule has 0 aromatic heterocycles. The molecule has 3 N–H and O–H groups in total. The van der Waals surface area contributed by atoms with Crippen LogP contribution in [0.1, 0.15) is 52.5 Å². The van der Waals surface area contributed by atoms with Crippen LogP contribution in [0.3, 0.4) is 0 Å². The van der Waals surface area contributed by atoms with Crippen molar-refractivity contribution >= 4 is 40.9 Å². The second-order valence-electron chi connectivity index (χ2n) is 11.2. The molecule has 39 heavy (non-hydrogen) atoms. The number of fused-ring (bicyclic) bond motifs is 1. The van der Waals surface area contributed by atoms with Crippen LogP contribution in [-0.4, -0.2) is 74.1 Å². The van der Waals surface area contributed by atoms with Gasteiger partial charge in [0.2, 0.25) is 17.7 Å². The van der Waals surface area contributed by atoms with Gasteiger partial charge in [0.1, 0.15) is 12.1 Å². The van der Waals surface area contributed by atoms with Gasteiger partial charge in [-0.3, -0.25) is 14.4 Å². The van der Waals surface area contributed by atoms with Crippen molar-refractivity contribution in [2.45, 2.75) is 71.6 Å². The van der Waals surface area contributed by atoms with Crippen molar-refractivity contribution in [2.75, 3.05) is 33.3 Å². The van der Waals surface area contributed by atoms with Crippen LogP contribution in [0.5, 0.6) is 0 Å². The number of ether oxygens (including phenoxy) is 1. The molecule has 1 aliphatic rings. The van der Waals surface area contributed by atoms with Gasteiger partial charge in [-0.15, -0.1) is 12.4 Å². The summed E-state index contributed by atoms with van der Waals surface area (Å²) in [7, 11) is 1.68. The van der Waals surface area contributed by atoms with E-state index in [1.807, 2.05) is 64.1 Å². The molecule has 0 saturated carbocycles. The van der Waals surface area contributed by atoms with Gasteiger partial charge in [0.25, 0.3) is 0 Å². The molecule has 1 aliphatic heterocycles. The third kappa shape index (κ3) is 9.48. The fourth-order valence-corrected chi connectivity index (χ4v) is 4.73. The summed E-state index contributed by atoms with van der Waals surface area (Å²) in [6, 6.07) is 12.9. The van der Waals surface area contributed by atoms with E-state index in [4.69, 9.17) is 4.74 Å². The van der Waals surface area contributed by atoms with Crippen LogP contribution < -0.4 is 16.0 Å². The second kappa shape index (κ2) is 15.2. The van der Waals surface area contributed by atoms with Gasteiger partial charge in [-0.25, -0.2) is 0 Å². The van der Waals surface area contributed by atoms with E-state index in [2.05, 4.69) is 22.0 Å². The maximum Gasteiger partial charge on any atom is 0.243 e. The molecule has 2 aromatic rings. The van der Waals surface area contributed by atoms with Crippen molar-refractivity contribution < 1.29 is 19.1 Å². The molecule has 0 bridgehead atoms. The molecule has 9 heteroatoms. The number of carbonyl (C=O) groups is 3. The van der Waals surface area contributed by atoms with Gasteiger partial charge in [0, 0.05) is 38.6 Å². The number of hydrogen-bond acceptors (Lipinski definition) is 5. The number of benzene rings is 2. The lowest BCUT2D eigenvalue weighted by Crippen LogP contribution is -2.55. The first-order valence-electron chi connectivity index (χ1n) is 13.7. The summed E-state index contributed by atoms with van der Waals surface area (Å²) >= 11 is 0. The van der Waals surface area contributed by atoms with Crippen LogP contribution in [0.4, 0.5) is 0 Å². The van der Waals surface area contributed by atoms with Crippen molar-refractivity contribution in [1.29, 1.82) is 0 Å². The predicted molar refractivity (Wildman–Crippen MR) is 158 cm³/mol. The third-order valence-electron chi connectivity index (χ3n) is 7.01. The molecule has 3 atom stereocenters. The number of hydrogen-bond donors (Lipinski definition) is 3. The SMILES string of the molecule is CO[C@H](C)CNCCCNC(=O)[C@@H](Cc1ccc2ccccc2c1)NC(=O)[C@@H]1CCCN1C(=O)C(C)(C)C.Cl. The zero-order chi connectivity index (χ0) is 27.7. The Morgan fingerprint density at radius 2 is 1.79 bits per heavy atom. The Morgan fingerprint density at radius 1 is 1.08 bits per heavy atom. The lowest BCUT2D eigenvalue weighted by atomic mass is 9.94. The Bertz CT molecular complexity index is 1100. The molecule has 0 unspecified atom stereocenters. The summed E-state index contributed by atoms with van der Waals surface area (Å²) in [6.45, 7) is 10.1. The van der Waals surface area contributed by atoms with Crippen molar-refractivity contribution in [3.8, 4) is 0 Å². The van der Waals surface area contributed by atoms with Crippen molar-refractivity contribution in [3.05, 3.63) is 48.0 Å². The molecule has 0 radical (unpaired) electrons. The van der Waals surface area contributed by atoms with E-state index in [0.29, 0.717) is 25.9 Å². The number of halogens is 1. The standard InChI is InChI=1S/C30H44N4O4.ClH/c1-21(38-5)20-31-15-9-16-32-27(35)25(19-22-13-14-23-10-6-7-11-24(23)18-22)33-28(36)26-12-8-17-34(26)29(37)30(2,3)4;/h6-7,10-11,13-14,18,21,25-26,31H,8-9,12,15-17,19-20H2,1-5H3,(H,32,35)(H,33,36);1H/t21-,25-,26+;/m1./s1. The van der Waals surface area contributed by atoms with Crippen molar-refractivity contribution in [2.24, 2.45) is 5.41 Å². The van der Waals surface area contributed by atoms with Gasteiger partial charge < -0.3 is 25.6 Å². The van der Waals surface area contributed by atoms with Crippen molar-refractivity contribution in [3.63, 3.8) is 0 Å². The molecule has 216 valence electrons. The lowest BCUT2D eigenvalue weighted by molar-refractivity contribution is -0.145. The molecule has 2 aromatic carbocycles. The number of methoxy groups -OCH3 is 1. The number of likely N-dealkylation sites (tertiary alicyclic amines) is 1. The molecule has 3 amide bonds. The first kappa shape index (κ1) is 32.5. The zero-order valence-electron chi connectivity index (χ0n) is 23.9. The molecule has 1 heterocycles. The largest absolute Gasteiger partial charge is 0.380 e. The molecular weight excluding hydrogens is 516 g/mol. The summed E-state index contributed by atoms with van der Waals surface area (Å²) in [6.07, 6.45) is 2.63. The van der Waals surface area contributed by atoms with Gasteiger partial charge in [-0.05, 0) is 49.1 Å². The summed E-state index contributed by atoms with van der Waals surface area (Å²) in [5.41, 5.74) is 0.397. The van der Waals surface area contributed by atoms with E-state index in [-0.39, 0.29) is 36.2 Å². The van der Waals surface area contributed by atoms with E-state index in [1.54, 1.807) is 12.0 Å². The van der Waals surface area contributed by atoms with Gasteiger partial charge in [0.15, 0.2) is 0 Å². The average Bonchev–Trinajstić information content (AvgIpc) is 3.38. The molecule has 8 nitrogen and oxygen atoms in total. The predicted octanol–water partition coefficient (Wildman–Crippen LogP) is 3.46. The molecular formula is C30H45ClN4O4. The van der Waals surface area contributed by atoms with E-state index < -0.39 is 17.5 Å². The van der Waals surface area contributed by atoms with Crippen LogP contribution in [0.25, 0.3) is 10.8 Å². The maximum atomic E-state index is 13.4. The smallest absolute Gasteiger partial charge is 0.243 e. The molecule has 1 saturated heterocycles. The van der Waals surface area contributed by atoms with E-state index in [9.17, 15) is 14.4 Å². The minimum atomic E-state index is -0.739. The number of nitrogens with zero attached hydrogens (tertiary/aromatic N) is 1. The fourth-order valence-electron chi connectivity index (χ4n) is 4.73. The van der Waals surface area contributed by atoms with Gasteiger partial charge in [-0.1, -0.05) is 63.2 Å². The van der Waals surface area contributed by atoms with E-state index in [0.717, 1.165) is 42.3 Å². The first-order chi connectivity index (χ1) is 18.1. The van der Waals surface area contributed by atoms with Gasteiger partial charge in [-0.2, -0.15) is 0 Å². The van der Waals surface area contributed by atoms with Crippen LogP contribution in [0.2, 0.25) is 0 Å². The number of amides is 3. The van der Waals surface area contributed by atoms with Gasteiger partial charge >= 0.3 is 0 Å². The highest BCUT2D eigenvalue weighted by molar-refractivity contribution is 5.93. The van der Waals surface area contributed by atoms with Crippen molar-refractivity contribution in [1.82, 2.24) is 20.9 Å². The highest BCUT2D eigenvalue weighted by Gasteiger charge is 2.39. The quantitative estimate of drug-likeness (QED) is 0.345. The third-order valence-corrected chi connectivity index (χ3v) is 7.01. The van der Waals surface area contributed by atoms with E-state index >= 15 is 0 Å². The first-order valence-corrected chi connectivity index (χ1v) is 13.7. The van der Waals surface area contributed by atoms with Crippen LogP contribution >= 0.6 is 12.4 Å². The Kier molecular flexibility index (Phi) is 12.7. The molecule has 1 fully saturated rings. The monoisotopic (exact) mass is 560 g/mol. The minimum absolute atomic E-state index is 0. The lowest BCUT2D eigenvalue weighted by Gasteiger charge is -2.31. The summed E-state index contributed by atoms with van der Waals surface area (Å²) in [4.78, 5) is 41.3. The normalized spacial score (nSPS) is 16.8. The Hall–Kier alpha value is -2.68. The average molecular weight is 561 g/mol. The van der Waals surface area contributed by atoms with Crippen LogP contribution in [0.15, 0.2) is 42.5 Å². The fraction of sp³-hybridized carbons (Fsp3) is 0.567. The Labute approximate surface area is 239 Å². The minimum Gasteiger partial charge on any atom is -0.380 e. The molecule has 0 aliphatic carbocycles. The van der Waals surface area contributed by atoms with Crippen LogP contribution in [-0.2, 0) is 25.5 Å². The second-order valence-corrected chi connectivity index (χ2v) is 11.2. The number of carbonyl (C=O) groups excluding carboxylic acids is 3. The summed E-state index contributed by atoms with van der Waals surface area (Å²) < 4.78 is 5.23. The summed E-state index contributed by atoms with van der Waals surface area (Å²) in [5, 5.41) is 11.5. The maximum absolute atomic E-state index is 13.4. The number of nitrogens with one attached hydrogen (secondary N) is 3. The van der Waals surface area contributed by atoms with Gasteiger partial charge in [0.05, 0.1) is 6.10 Å². The molecule has 3 rings (SSSR count). The Morgan fingerprint density at radius 3 is 2.49 bits per heavy atom. The van der Waals surface area contributed by atoms with Crippen LogP contribution in [0, 0.1) is 5.41 Å². The molecule has 0 spiro atoms. The number of rotatable bonds is 12.